The zero-order valence-electron chi connectivity index (χ0n) is 11.3. The van der Waals surface area contributed by atoms with Crippen molar-refractivity contribution < 1.29 is 9.18 Å². The van der Waals surface area contributed by atoms with Gasteiger partial charge in [0.25, 0.3) is 5.91 Å². The summed E-state index contributed by atoms with van der Waals surface area (Å²) in [6.07, 6.45) is 3.31. The number of rotatable bonds is 4. The van der Waals surface area contributed by atoms with Crippen LogP contribution in [0.15, 0.2) is 42.6 Å². The van der Waals surface area contributed by atoms with Crippen LogP contribution in [0.5, 0.6) is 0 Å². The van der Waals surface area contributed by atoms with Gasteiger partial charge in [-0.1, -0.05) is 12.1 Å². The molecule has 1 N–H and O–H groups in total. The second-order valence-electron chi connectivity index (χ2n) is 4.32. The number of nitrogens with one attached hydrogen (secondary N) is 1. The Morgan fingerprint density at radius 3 is 2.85 bits per heavy atom. The van der Waals surface area contributed by atoms with Crippen molar-refractivity contribution in [2.24, 2.45) is 0 Å². The van der Waals surface area contributed by atoms with Crippen LogP contribution in [0.4, 0.5) is 10.1 Å². The third-order valence-electron chi connectivity index (χ3n) is 2.96. The fourth-order valence-electron chi connectivity index (χ4n) is 1.75. The highest BCUT2D eigenvalue weighted by atomic mass is 32.2. The molecule has 0 saturated carbocycles. The van der Waals surface area contributed by atoms with E-state index in [4.69, 9.17) is 0 Å². The average molecular weight is 290 g/mol. The number of carbonyl (C=O) groups excluding carboxylic acids is 1. The first-order valence-corrected chi connectivity index (χ1v) is 7.44. The van der Waals surface area contributed by atoms with Crippen LogP contribution in [0.3, 0.4) is 0 Å². The Kier molecular flexibility index (Phi) is 4.74. The first kappa shape index (κ1) is 14.5. The van der Waals surface area contributed by atoms with E-state index in [0.29, 0.717) is 10.9 Å². The van der Waals surface area contributed by atoms with E-state index in [2.05, 4.69) is 17.2 Å². The van der Waals surface area contributed by atoms with Crippen molar-refractivity contribution in [3.63, 3.8) is 0 Å². The Balaban J connectivity index is 2.16. The van der Waals surface area contributed by atoms with E-state index in [9.17, 15) is 9.18 Å². The Morgan fingerprint density at radius 1 is 1.35 bits per heavy atom. The van der Waals surface area contributed by atoms with E-state index >= 15 is 0 Å². The predicted octanol–water partition coefficient (Wildman–Crippen LogP) is 3.90. The summed E-state index contributed by atoms with van der Waals surface area (Å²) in [5.74, 6) is -1.01. The highest BCUT2D eigenvalue weighted by Gasteiger charge is 2.09. The van der Waals surface area contributed by atoms with E-state index in [-0.39, 0.29) is 11.5 Å². The summed E-state index contributed by atoms with van der Waals surface area (Å²) < 4.78 is 13.0. The number of thioether (sulfide) groups is 1. The van der Waals surface area contributed by atoms with E-state index in [1.807, 2.05) is 30.5 Å². The topological polar surface area (TPSA) is 42.0 Å². The predicted molar refractivity (Wildman–Crippen MR) is 80.5 cm³/mol. The minimum absolute atomic E-state index is 0.251. The second kappa shape index (κ2) is 6.52. The first-order chi connectivity index (χ1) is 9.60. The minimum atomic E-state index is -0.664. The smallest absolute Gasteiger partial charge is 0.255 e. The van der Waals surface area contributed by atoms with Crippen LogP contribution in [0.25, 0.3) is 0 Å². The summed E-state index contributed by atoms with van der Waals surface area (Å²) in [5.41, 5.74) is 2.09. The lowest BCUT2D eigenvalue weighted by Crippen LogP contribution is -2.12. The molecule has 0 aliphatic carbocycles. The van der Waals surface area contributed by atoms with Gasteiger partial charge in [0, 0.05) is 28.8 Å². The highest BCUT2D eigenvalue weighted by molar-refractivity contribution is 7.98. The quantitative estimate of drug-likeness (QED) is 0.868. The van der Waals surface area contributed by atoms with E-state index in [0.717, 1.165) is 11.6 Å². The van der Waals surface area contributed by atoms with Crippen LogP contribution in [0.1, 0.15) is 28.1 Å². The van der Waals surface area contributed by atoms with Gasteiger partial charge in [-0.15, -0.1) is 0 Å². The van der Waals surface area contributed by atoms with Gasteiger partial charge in [0.1, 0.15) is 0 Å². The molecule has 0 unspecified atom stereocenters. The van der Waals surface area contributed by atoms with Gasteiger partial charge in [-0.2, -0.15) is 16.2 Å². The van der Waals surface area contributed by atoms with Gasteiger partial charge >= 0.3 is 0 Å². The molecule has 20 heavy (non-hydrogen) atoms. The van der Waals surface area contributed by atoms with Crippen molar-refractivity contribution in [3.8, 4) is 0 Å². The highest BCUT2D eigenvalue weighted by Crippen LogP contribution is 2.27. The number of aromatic nitrogens is 1. The number of nitrogens with zero attached hydrogens (tertiary/aromatic N) is 1. The molecule has 1 heterocycles. The number of benzene rings is 1. The standard InChI is InChI=1S/C15H15FN2OS/c1-10(20-2)11-4-3-5-13(8-11)18-15(19)12-6-7-17-14(16)9-12/h3-10H,1-2H3,(H,18,19)/t10-/m1/s1. The number of hydrogen-bond donors (Lipinski definition) is 1. The van der Waals surface area contributed by atoms with Crippen molar-refractivity contribution in [2.75, 3.05) is 11.6 Å². The van der Waals surface area contributed by atoms with Gasteiger partial charge in [0.2, 0.25) is 5.95 Å². The van der Waals surface area contributed by atoms with Crippen molar-refractivity contribution >= 4 is 23.4 Å². The van der Waals surface area contributed by atoms with Gasteiger partial charge < -0.3 is 5.32 Å². The lowest BCUT2D eigenvalue weighted by atomic mass is 10.1. The van der Waals surface area contributed by atoms with Crippen molar-refractivity contribution in [3.05, 3.63) is 59.7 Å². The Bertz CT molecular complexity index is 618. The van der Waals surface area contributed by atoms with Crippen LogP contribution >= 0.6 is 11.8 Å². The molecular formula is C15H15FN2OS. The molecule has 1 aromatic carbocycles. The number of amides is 1. The molecule has 1 atom stereocenters. The van der Waals surface area contributed by atoms with Crippen molar-refractivity contribution in [1.82, 2.24) is 4.98 Å². The van der Waals surface area contributed by atoms with Crippen LogP contribution in [-0.2, 0) is 0 Å². The third kappa shape index (κ3) is 3.57. The summed E-state index contributed by atoms with van der Waals surface area (Å²) in [6.45, 7) is 2.10. The molecular weight excluding hydrogens is 275 g/mol. The fourth-order valence-corrected chi connectivity index (χ4v) is 2.17. The van der Waals surface area contributed by atoms with Crippen LogP contribution in [0.2, 0.25) is 0 Å². The molecule has 0 radical (unpaired) electrons. The summed E-state index contributed by atoms with van der Waals surface area (Å²) in [6, 6.07) is 10.2. The number of pyridine rings is 1. The molecule has 1 aromatic heterocycles. The summed E-state index contributed by atoms with van der Waals surface area (Å²) in [4.78, 5) is 15.4. The van der Waals surface area contributed by atoms with Gasteiger partial charge in [0.05, 0.1) is 0 Å². The monoisotopic (exact) mass is 290 g/mol. The minimum Gasteiger partial charge on any atom is -0.322 e. The Labute approximate surface area is 121 Å². The molecule has 0 fully saturated rings. The maximum atomic E-state index is 13.0. The third-order valence-corrected chi connectivity index (χ3v) is 3.94. The number of anilines is 1. The summed E-state index contributed by atoms with van der Waals surface area (Å²) in [5, 5.41) is 3.11. The first-order valence-electron chi connectivity index (χ1n) is 6.16. The van der Waals surface area contributed by atoms with Gasteiger partial charge in [-0.3, -0.25) is 4.79 Å². The molecule has 0 spiro atoms. The SMILES string of the molecule is CS[C@H](C)c1cccc(NC(=O)c2ccnc(F)c2)c1. The molecule has 0 saturated heterocycles. The van der Waals surface area contributed by atoms with Crippen LogP contribution < -0.4 is 5.32 Å². The van der Waals surface area contributed by atoms with Crippen LogP contribution in [-0.4, -0.2) is 17.1 Å². The molecule has 0 aliphatic heterocycles. The Hall–Kier alpha value is -1.88. The molecule has 0 bridgehead atoms. The maximum Gasteiger partial charge on any atom is 0.255 e. The average Bonchev–Trinajstić information content (AvgIpc) is 2.46. The van der Waals surface area contributed by atoms with E-state index in [1.165, 1.54) is 12.3 Å². The van der Waals surface area contributed by atoms with Crippen LogP contribution in [0, 0.1) is 5.95 Å². The number of halogens is 1. The van der Waals surface area contributed by atoms with Gasteiger partial charge in [-0.25, -0.2) is 4.98 Å². The van der Waals surface area contributed by atoms with E-state index in [1.54, 1.807) is 11.8 Å². The van der Waals surface area contributed by atoms with Gasteiger partial charge in [0.15, 0.2) is 0 Å². The zero-order chi connectivity index (χ0) is 14.5. The number of carbonyl (C=O) groups is 1. The molecule has 2 rings (SSSR count). The fraction of sp³-hybridized carbons (Fsp3) is 0.200. The van der Waals surface area contributed by atoms with Crippen molar-refractivity contribution in [1.29, 1.82) is 0 Å². The number of hydrogen-bond acceptors (Lipinski definition) is 3. The largest absolute Gasteiger partial charge is 0.322 e. The zero-order valence-corrected chi connectivity index (χ0v) is 12.1. The normalized spacial score (nSPS) is 11.9. The molecule has 3 nitrogen and oxygen atoms in total. The molecule has 2 aromatic rings. The summed E-state index contributed by atoms with van der Waals surface area (Å²) >= 11 is 1.73. The molecule has 0 aliphatic rings. The van der Waals surface area contributed by atoms with Crippen molar-refractivity contribution in [2.45, 2.75) is 12.2 Å². The lowest BCUT2D eigenvalue weighted by molar-refractivity contribution is 0.102. The molecule has 1 amide bonds. The molecule has 104 valence electrons. The maximum absolute atomic E-state index is 13.0. The second-order valence-corrected chi connectivity index (χ2v) is 5.50. The molecule has 5 heteroatoms. The lowest BCUT2D eigenvalue weighted by Gasteiger charge is -2.11. The Morgan fingerprint density at radius 2 is 2.15 bits per heavy atom. The summed E-state index contributed by atoms with van der Waals surface area (Å²) in [7, 11) is 0. The van der Waals surface area contributed by atoms with Gasteiger partial charge in [-0.05, 0) is 36.9 Å². The van der Waals surface area contributed by atoms with E-state index < -0.39 is 5.95 Å².